The van der Waals surface area contributed by atoms with Crippen molar-refractivity contribution in [2.45, 2.75) is 25.8 Å². The van der Waals surface area contributed by atoms with Gasteiger partial charge in [0.05, 0.1) is 23.3 Å². The topological polar surface area (TPSA) is 68.1 Å². The maximum atomic E-state index is 11.4. The number of nitro groups is 1. The minimum atomic E-state index is -2.61. The van der Waals surface area contributed by atoms with Gasteiger partial charge in [0.25, 0.3) is 14.0 Å². The molecule has 8 heteroatoms. The largest absolute Gasteiger partial charge is 0.487 e. The second kappa shape index (κ2) is 12.6. The fourth-order valence-corrected chi connectivity index (χ4v) is 9.75. The van der Waals surface area contributed by atoms with Gasteiger partial charge in [-0.2, -0.15) is 0 Å². The Labute approximate surface area is 232 Å². The van der Waals surface area contributed by atoms with Crippen LogP contribution in [0.2, 0.25) is 5.04 Å². The van der Waals surface area contributed by atoms with Crippen molar-refractivity contribution in [3.05, 3.63) is 101 Å². The molecule has 3 aromatic carbocycles. The normalized spacial score (nSPS) is 15.0. The van der Waals surface area contributed by atoms with Gasteiger partial charge in [0.1, 0.15) is 12.4 Å². The summed E-state index contributed by atoms with van der Waals surface area (Å²) < 4.78 is 13.0. The smallest absolute Gasteiger partial charge is 0.273 e. The second-order valence-electron chi connectivity index (χ2n) is 11.0. The molecule has 1 heterocycles. The fourth-order valence-electron chi connectivity index (χ4n) is 5.25. The third kappa shape index (κ3) is 6.58. The van der Waals surface area contributed by atoms with Crippen LogP contribution < -0.4 is 20.0 Å². The number of rotatable bonds is 10. The molecule has 0 atom stereocenters. The zero-order valence-electron chi connectivity index (χ0n) is 23.4. The first-order chi connectivity index (χ1) is 18.7. The average Bonchev–Trinajstić information content (AvgIpc) is 2.93. The summed E-state index contributed by atoms with van der Waals surface area (Å²) >= 11 is 0. The first kappa shape index (κ1) is 28.5. The van der Waals surface area contributed by atoms with Crippen molar-refractivity contribution >= 4 is 30.1 Å². The summed E-state index contributed by atoms with van der Waals surface area (Å²) in [6.45, 7) is 11.1. The molecule has 0 spiro atoms. The van der Waals surface area contributed by atoms with Crippen LogP contribution in [0, 0.1) is 10.1 Å². The highest BCUT2D eigenvalue weighted by Gasteiger charge is 2.49. The molecule has 0 amide bonds. The predicted molar refractivity (Wildman–Crippen MR) is 161 cm³/mol. The minimum Gasteiger partial charge on any atom is -0.487 e. The summed E-state index contributed by atoms with van der Waals surface area (Å²) in [4.78, 5) is 15.5. The molecule has 1 aliphatic heterocycles. The molecule has 206 valence electrons. The van der Waals surface area contributed by atoms with Crippen molar-refractivity contribution in [1.82, 2.24) is 4.90 Å². The van der Waals surface area contributed by atoms with Crippen molar-refractivity contribution < 1.29 is 14.1 Å². The number of likely N-dealkylation sites (N-methyl/N-ethyl adjacent to an activating group) is 1. The Kier molecular flexibility index (Phi) is 9.22. The molecule has 0 N–H and O–H groups in total. The summed E-state index contributed by atoms with van der Waals surface area (Å²) in [5, 5.41) is 13.8. The zero-order chi connectivity index (χ0) is 27.9. The summed E-state index contributed by atoms with van der Waals surface area (Å²) in [5.41, 5.74) is 0.924. The molecule has 1 fully saturated rings. The van der Waals surface area contributed by atoms with Gasteiger partial charge in [0.15, 0.2) is 0 Å². The monoisotopic (exact) mass is 545 g/mol. The lowest BCUT2D eigenvalue weighted by atomic mass is 10.2. The summed E-state index contributed by atoms with van der Waals surface area (Å²) in [5.74, 6) is 0.534. The second-order valence-corrected chi connectivity index (χ2v) is 15.3. The molecular formula is C31H39N3O4Si. The third-order valence-electron chi connectivity index (χ3n) is 7.31. The van der Waals surface area contributed by atoms with Gasteiger partial charge in [-0.3, -0.25) is 10.1 Å². The minimum absolute atomic E-state index is 0.0295. The first-order valence-electron chi connectivity index (χ1n) is 13.5. The molecule has 1 saturated heterocycles. The number of nitrogens with zero attached hydrogens (tertiary/aromatic N) is 3. The average molecular weight is 546 g/mol. The van der Waals surface area contributed by atoms with Gasteiger partial charge in [-0.05, 0) is 34.6 Å². The van der Waals surface area contributed by atoms with Crippen LogP contribution in [0.15, 0.2) is 91.0 Å². The van der Waals surface area contributed by atoms with E-state index in [0.717, 1.165) is 31.9 Å². The highest BCUT2D eigenvalue weighted by molar-refractivity contribution is 6.99. The number of non-ortho nitro benzene ring substituents is 1. The van der Waals surface area contributed by atoms with Crippen LogP contribution in [0.3, 0.4) is 0 Å². The standard InChI is InChI=1S/C31H39N3O4Si/c1-31(2,3)39(27-13-7-5-8-14-27,28-15-9-6-10-16-28)38-24-12-11-23-37-30-25-26(34(35)36)17-18-29(30)33-21-19-32(4)20-22-33/h5-18,25H,19-24H2,1-4H3/b12-11-. The lowest BCUT2D eigenvalue weighted by Gasteiger charge is -2.42. The number of anilines is 1. The highest BCUT2D eigenvalue weighted by atomic mass is 28.4. The molecule has 4 rings (SSSR count). The van der Waals surface area contributed by atoms with E-state index < -0.39 is 8.32 Å². The van der Waals surface area contributed by atoms with Crippen molar-refractivity contribution in [2.75, 3.05) is 51.3 Å². The number of piperazine rings is 1. The van der Waals surface area contributed by atoms with Gasteiger partial charge >= 0.3 is 0 Å². The maximum absolute atomic E-state index is 11.4. The first-order valence-corrected chi connectivity index (χ1v) is 15.4. The van der Waals surface area contributed by atoms with E-state index >= 15 is 0 Å². The van der Waals surface area contributed by atoms with Crippen molar-refractivity contribution in [2.24, 2.45) is 0 Å². The molecular weight excluding hydrogens is 506 g/mol. The van der Waals surface area contributed by atoms with Gasteiger partial charge in [-0.25, -0.2) is 0 Å². The number of hydrogen-bond acceptors (Lipinski definition) is 6. The lowest BCUT2D eigenvalue weighted by Crippen LogP contribution is -2.66. The van der Waals surface area contributed by atoms with E-state index in [-0.39, 0.29) is 15.6 Å². The summed E-state index contributed by atoms with van der Waals surface area (Å²) in [6.07, 6.45) is 3.93. The van der Waals surface area contributed by atoms with E-state index in [1.807, 2.05) is 24.3 Å². The Balaban J connectivity index is 1.50. The van der Waals surface area contributed by atoms with Gasteiger partial charge in [0.2, 0.25) is 0 Å². The molecule has 0 bridgehead atoms. The van der Waals surface area contributed by atoms with E-state index in [2.05, 4.69) is 86.1 Å². The quantitative estimate of drug-likeness (QED) is 0.157. The third-order valence-corrected chi connectivity index (χ3v) is 12.3. The maximum Gasteiger partial charge on any atom is 0.273 e. The number of benzene rings is 3. The highest BCUT2D eigenvalue weighted by Crippen LogP contribution is 2.37. The van der Waals surface area contributed by atoms with E-state index in [0.29, 0.717) is 19.0 Å². The molecule has 0 radical (unpaired) electrons. The Morgan fingerprint density at radius 1 is 0.872 bits per heavy atom. The zero-order valence-corrected chi connectivity index (χ0v) is 24.4. The van der Waals surface area contributed by atoms with Crippen molar-refractivity contribution in [3.63, 3.8) is 0 Å². The SMILES string of the molecule is CN1CCN(c2ccc([N+](=O)[O-])cc2OC/C=C\CO[Si](c2ccccc2)(c2ccccc2)C(C)(C)C)CC1. The van der Waals surface area contributed by atoms with Crippen LogP contribution in [-0.2, 0) is 4.43 Å². The number of hydrogen-bond donors (Lipinski definition) is 0. The Hall–Kier alpha value is -3.46. The lowest BCUT2D eigenvalue weighted by molar-refractivity contribution is -0.384. The molecule has 7 nitrogen and oxygen atoms in total. The van der Waals surface area contributed by atoms with Crippen LogP contribution in [0.1, 0.15) is 20.8 Å². The van der Waals surface area contributed by atoms with Crippen LogP contribution in [0.25, 0.3) is 0 Å². The Bertz CT molecular complexity index is 1210. The van der Waals surface area contributed by atoms with E-state index in [4.69, 9.17) is 9.16 Å². The van der Waals surface area contributed by atoms with E-state index in [1.54, 1.807) is 12.1 Å². The van der Waals surface area contributed by atoms with Crippen molar-refractivity contribution in [1.29, 1.82) is 0 Å². The van der Waals surface area contributed by atoms with E-state index in [9.17, 15) is 10.1 Å². The Morgan fingerprint density at radius 2 is 1.44 bits per heavy atom. The van der Waals surface area contributed by atoms with Gasteiger partial charge in [0, 0.05) is 32.2 Å². The van der Waals surface area contributed by atoms with Gasteiger partial charge in [-0.15, -0.1) is 0 Å². The molecule has 0 saturated carbocycles. The molecule has 1 aliphatic rings. The van der Waals surface area contributed by atoms with Gasteiger partial charge in [-0.1, -0.05) is 87.5 Å². The van der Waals surface area contributed by atoms with Crippen LogP contribution in [0.4, 0.5) is 11.4 Å². The molecule has 0 aliphatic carbocycles. The molecule has 0 unspecified atom stereocenters. The number of nitro benzene ring substituents is 1. The number of ether oxygens (including phenoxy) is 1. The molecule has 39 heavy (non-hydrogen) atoms. The molecule has 0 aromatic heterocycles. The Morgan fingerprint density at radius 3 is 1.97 bits per heavy atom. The molecule has 3 aromatic rings. The van der Waals surface area contributed by atoms with Gasteiger partial charge < -0.3 is 19.0 Å². The fraction of sp³-hybridized carbons (Fsp3) is 0.355. The predicted octanol–water partition coefficient (Wildman–Crippen LogP) is 4.86. The van der Waals surface area contributed by atoms with Crippen LogP contribution in [0.5, 0.6) is 5.75 Å². The summed E-state index contributed by atoms with van der Waals surface area (Å²) in [7, 11) is -0.507. The van der Waals surface area contributed by atoms with Crippen LogP contribution >= 0.6 is 0 Å². The van der Waals surface area contributed by atoms with Crippen molar-refractivity contribution in [3.8, 4) is 5.75 Å². The van der Waals surface area contributed by atoms with E-state index in [1.165, 1.54) is 16.4 Å². The van der Waals surface area contributed by atoms with Crippen LogP contribution in [-0.4, -0.2) is 64.6 Å². The summed E-state index contributed by atoms with van der Waals surface area (Å²) in [6, 6.07) is 26.0.